The fourth-order valence-electron chi connectivity index (χ4n) is 1.08. The van der Waals surface area contributed by atoms with E-state index < -0.39 is 0 Å². The summed E-state index contributed by atoms with van der Waals surface area (Å²) in [7, 11) is 1.84. The van der Waals surface area contributed by atoms with Crippen LogP contribution in [0.4, 0.5) is 0 Å². The van der Waals surface area contributed by atoms with Crippen molar-refractivity contribution in [2.45, 2.75) is 6.54 Å². The van der Waals surface area contributed by atoms with Gasteiger partial charge in [0.05, 0.1) is 6.54 Å². The van der Waals surface area contributed by atoms with Crippen LogP contribution in [0.25, 0.3) is 0 Å². The molecule has 6 nitrogen and oxygen atoms in total. The summed E-state index contributed by atoms with van der Waals surface area (Å²) in [6.07, 6.45) is 4.88. The Morgan fingerprint density at radius 1 is 1.62 bits per heavy atom. The Labute approximate surface area is 73.8 Å². The molecular formula is C7H9N5O. The third-order valence-electron chi connectivity index (χ3n) is 1.84. The van der Waals surface area contributed by atoms with Gasteiger partial charge >= 0.3 is 5.69 Å². The third-order valence-corrected chi connectivity index (χ3v) is 1.84. The maximum atomic E-state index is 11.1. The Balaban J connectivity index is 2.29. The first-order valence-corrected chi connectivity index (χ1v) is 3.84. The number of hydrogen-bond donors (Lipinski definition) is 1. The highest BCUT2D eigenvalue weighted by Crippen LogP contribution is 1.93. The maximum absolute atomic E-state index is 11.1. The Morgan fingerprint density at radius 3 is 3.00 bits per heavy atom. The first-order valence-electron chi connectivity index (χ1n) is 3.84. The second-order valence-electron chi connectivity index (χ2n) is 2.75. The van der Waals surface area contributed by atoms with Crippen LogP contribution in [-0.2, 0) is 13.6 Å². The summed E-state index contributed by atoms with van der Waals surface area (Å²) in [5.41, 5.74) is -0.136. The third kappa shape index (κ3) is 1.37. The van der Waals surface area contributed by atoms with Gasteiger partial charge in [-0.05, 0) is 0 Å². The Kier molecular flexibility index (Phi) is 1.73. The van der Waals surface area contributed by atoms with Crippen molar-refractivity contribution in [3.63, 3.8) is 0 Å². The zero-order chi connectivity index (χ0) is 9.26. The van der Waals surface area contributed by atoms with E-state index in [4.69, 9.17) is 0 Å². The first-order chi connectivity index (χ1) is 6.27. The van der Waals surface area contributed by atoms with E-state index in [0.29, 0.717) is 6.54 Å². The van der Waals surface area contributed by atoms with Crippen LogP contribution in [0.1, 0.15) is 5.82 Å². The van der Waals surface area contributed by atoms with Gasteiger partial charge < -0.3 is 9.55 Å². The fourth-order valence-corrected chi connectivity index (χ4v) is 1.08. The molecule has 0 fully saturated rings. The van der Waals surface area contributed by atoms with Crippen molar-refractivity contribution in [2.24, 2.45) is 7.05 Å². The van der Waals surface area contributed by atoms with Crippen molar-refractivity contribution in [3.8, 4) is 0 Å². The molecule has 0 aliphatic rings. The van der Waals surface area contributed by atoms with Crippen LogP contribution in [0.3, 0.4) is 0 Å². The van der Waals surface area contributed by atoms with Crippen molar-refractivity contribution in [1.82, 2.24) is 24.3 Å². The van der Waals surface area contributed by atoms with Crippen molar-refractivity contribution in [3.05, 3.63) is 35.0 Å². The number of aromatic amines is 1. The van der Waals surface area contributed by atoms with Crippen LogP contribution in [-0.4, -0.2) is 24.3 Å². The van der Waals surface area contributed by atoms with Gasteiger partial charge in [-0.25, -0.2) is 4.79 Å². The molecule has 2 heterocycles. The number of rotatable bonds is 2. The number of aryl methyl sites for hydroxylation is 1. The smallest absolute Gasteiger partial charge is 0.319 e. The molecule has 0 unspecified atom stereocenters. The highest BCUT2D eigenvalue weighted by Gasteiger charge is 2.02. The summed E-state index contributed by atoms with van der Waals surface area (Å²) in [6, 6.07) is 0. The summed E-state index contributed by atoms with van der Waals surface area (Å²) in [5, 5.41) is 7.59. The van der Waals surface area contributed by atoms with E-state index >= 15 is 0 Å². The predicted molar refractivity (Wildman–Crippen MR) is 45.2 cm³/mol. The van der Waals surface area contributed by atoms with E-state index in [1.54, 1.807) is 23.3 Å². The largest absolute Gasteiger partial charge is 0.325 e. The van der Waals surface area contributed by atoms with Gasteiger partial charge in [-0.1, -0.05) is 0 Å². The lowest BCUT2D eigenvalue weighted by atomic mass is 10.6. The topological polar surface area (TPSA) is 68.5 Å². The summed E-state index contributed by atoms with van der Waals surface area (Å²) in [4.78, 5) is 13.7. The van der Waals surface area contributed by atoms with Crippen molar-refractivity contribution in [1.29, 1.82) is 0 Å². The van der Waals surface area contributed by atoms with Crippen molar-refractivity contribution >= 4 is 0 Å². The van der Waals surface area contributed by atoms with E-state index in [0.717, 1.165) is 5.82 Å². The molecule has 68 valence electrons. The molecule has 2 rings (SSSR count). The van der Waals surface area contributed by atoms with E-state index in [1.165, 1.54) is 4.57 Å². The predicted octanol–water partition coefficient (Wildman–Crippen LogP) is -0.647. The van der Waals surface area contributed by atoms with Crippen LogP contribution in [0.5, 0.6) is 0 Å². The zero-order valence-corrected chi connectivity index (χ0v) is 7.14. The van der Waals surface area contributed by atoms with Gasteiger partial charge in [0.15, 0.2) is 5.82 Å². The number of nitrogens with zero attached hydrogens (tertiary/aromatic N) is 4. The summed E-state index contributed by atoms with van der Waals surface area (Å²) >= 11 is 0. The molecule has 0 bridgehead atoms. The Bertz CT molecular complexity index is 451. The molecule has 13 heavy (non-hydrogen) atoms. The lowest BCUT2D eigenvalue weighted by molar-refractivity contribution is 0.678. The molecule has 0 aliphatic heterocycles. The first kappa shape index (κ1) is 7.78. The van der Waals surface area contributed by atoms with Crippen LogP contribution >= 0.6 is 0 Å². The van der Waals surface area contributed by atoms with E-state index in [2.05, 4.69) is 15.2 Å². The number of H-pyrrole nitrogens is 1. The molecule has 1 N–H and O–H groups in total. The van der Waals surface area contributed by atoms with Crippen molar-refractivity contribution in [2.75, 3.05) is 0 Å². The molecule has 6 heteroatoms. The van der Waals surface area contributed by atoms with Gasteiger partial charge in [-0.15, -0.1) is 10.2 Å². The average molecular weight is 179 g/mol. The van der Waals surface area contributed by atoms with Crippen LogP contribution in [0.15, 0.2) is 23.5 Å². The standard InChI is InChI=1S/C7H9N5O/c1-11-5-9-10-6(11)4-12-3-2-8-7(12)13/h2-3,5H,4H2,1H3,(H,8,13). The molecule has 0 atom stereocenters. The fraction of sp³-hybridized carbons (Fsp3) is 0.286. The molecule has 0 radical (unpaired) electrons. The van der Waals surface area contributed by atoms with E-state index in [-0.39, 0.29) is 5.69 Å². The van der Waals surface area contributed by atoms with Crippen LogP contribution < -0.4 is 5.69 Å². The van der Waals surface area contributed by atoms with E-state index in [9.17, 15) is 4.79 Å². The molecule has 0 spiro atoms. The normalized spacial score (nSPS) is 10.5. The van der Waals surface area contributed by atoms with Gasteiger partial charge in [0.1, 0.15) is 6.33 Å². The van der Waals surface area contributed by atoms with Crippen LogP contribution in [0, 0.1) is 0 Å². The van der Waals surface area contributed by atoms with Gasteiger partial charge in [0, 0.05) is 19.4 Å². The summed E-state index contributed by atoms with van der Waals surface area (Å²) in [5.74, 6) is 0.752. The maximum Gasteiger partial charge on any atom is 0.325 e. The summed E-state index contributed by atoms with van der Waals surface area (Å²) in [6.45, 7) is 0.443. The van der Waals surface area contributed by atoms with Gasteiger partial charge in [0.2, 0.25) is 0 Å². The minimum atomic E-state index is -0.136. The number of nitrogens with one attached hydrogen (secondary N) is 1. The van der Waals surface area contributed by atoms with Gasteiger partial charge in [0.25, 0.3) is 0 Å². The quantitative estimate of drug-likeness (QED) is 0.666. The van der Waals surface area contributed by atoms with Crippen LogP contribution in [0.2, 0.25) is 0 Å². The molecule has 0 aliphatic carbocycles. The summed E-state index contributed by atoms with van der Waals surface area (Å²) < 4.78 is 3.31. The highest BCUT2D eigenvalue weighted by molar-refractivity contribution is 4.88. The molecule has 0 saturated heterocycles. The lowest BCUT2D eigenvalue weighted by Gasteiger charge is -1.99. The minimum absolute atomic E-state index is 0.136. The zero-order valence-electron chi connectivity index (χ0n) is 7.14. The number of hydrogen-bond acceptors (Lipinski definition) is 3. The highest BCUT2D eigenvalue weighted by atomic mass is 16.1. The number of imidazole rings is 1. The molecule has 2 aromatic heterocycles. The number of aromatic nitrogens is 5. The minimum Gasteiger partial charge on any atom is -0.319 e. The van der Waals surface area contributed by atoms with Gasteiger partial charge in [-0.2, -0.15) is 0 Å². The van der Waals surface area contributed by atoms with E-state index in [1.807, 2.05) is 7.05 Å². The molecule has 0 saturated carbocycles. The monoisotopic (exact) mass is 179 g/mol. The Hall–Kier alpha value is -1.85. The van der Waals surface area contributed by atoms with Crippen molar-refractivity contribution < 1.29 is 0 Å². The Morgan fingerprint density at radius 2 is 2.46 bits per heavy atom. The van der Waals surface area contributed by atoms with Gasteiger partial charge in [-0.3, -0.25) is 4.57 Å². The molecule has 0 aromatic carbocycles. The molecule has 2 aromatic rings. The lowest BCUT2D eigenvalue weighted by Crippen LogP contribution is -2.18. The SMILES string of the molecule is Cn1cnnc1Cn1cc[nH]c1=O. The molecular weight excluding hydrogens is 170 g/mol. The second kappa shape index (κ2) is 2.89. The second-order valence-corrected chi connectivity index (χ2v) is 2.75. The molecule has 0 amide bonds. The average Bonchev–Trinajstić information content (AvgIpc) is 2.65.